The second-order valence-electron chi connectivity index (χ2n) is 3.38. The fraction of sp³-hybridized carbons (Fsp3) is 1.00. The van der Waals surface area contributed by atoms with Gasteiger partial charge < -0.3 is 10.2 Å². The van der Waals surface area contributed by atoms with Crippen LogP contribution in [0.15, 0.2) is 0 Å². The number of β-amino-alcohol motifs (C(OH)–C–C–N with tert-alkyl or cyclic N) is 1. The molecule has 1 unspecified atom stereocenters. The maximum atomic E-state index is 9.29. The van der Waals surface area contributed by atoms with Crippen LogP contribution in [0.25, 0.3) is 0 Å². The molecule has 1 aliphatic heterocycles. The molecule has 74 valence electrons. The molecule has 1 atom stereocenters. The second kappa shape index (κ2) is 6.40. The highest BCUT2D eigenvalue weighted by Gasteiger charge is 2.18. The lowest BCUT2D eigenvalue weighted by Gasteiger charge is -2.32. The Morgan fingerprint density at radius 3 is 2.25 bits per heavy atom. The molecule has 3 nitrogen and oxygen atoms in total. The lowest BCUT2D eigenvalue weighted by molar-refractivity contribution is 0.0547. The van der Waals surface area contributed by atoms with Crippen molar-refractivity contribution in [2.24, 2.45) is 0 Å². The molecule has 0 amide bonds. The summed E-state index contributed by atoms with van der Waals surface area (Å²) in [7, 11) is 1.00. The molecule has 1 saturated heterocycles. The summed E-state index contributed by atoms with van der Waals surface area (Å²) in [6, 6.07) is 0.593. The van der Waals surface area contributed by atoms with E-state index in [9.17, 15) is 5.11 Å². The number of likely N-dealkylation sites (tertiary alicyclic amines) is 1. The number of aliphatic hydroxyl groups excluding tert-OH is 2. The Balaban J connectivity index is 0.000000561. The van der Waals surface area contributed by atoms with E-state index in [1.165, 1.54) is 0 Å². The number of nitrogens with zero attached hydrogens (tertiary/aromatic N) is 1. The van der Waals surface area contributed by atoms with Crippen LogP contribution in [0.4, 0.5) is 0 Å². The zero-order valence-corrected chi connectivity index (χ0v) is 8.32. The van der Waals surface area contributed by atoms with Crippen molar-refractivity contribution in [3.8, 4) is 0 Å². The topological polar surface area (TPSA) is 43.7 Å². The van der Waals surface area contributed by atoms with Crippen molar-refractivity contribution >= 4 is 0 Å². The van der Waals surface area contributed by atoms with Crippen LogP contribution in [0.5, 0.6) is 0 Å². The molecule has 1 rings (SSSR count). The van der Waals surface area contributed by atoms with E-state index in [0.717, 1.165) is 33.0 Å². The third-order valence-electron chi connectivity index (χ3n) is 2.16. The van der Waals surface area contributed by atoms with Crippen molar-refractivity contribution in [1.29, 1.82) is 0 Å². The Morgan fingerprint density at radius 2 is 1.92 bits per heavy atom. The molecule has 12 heavy (non-hydrogen) atoms. The van der Waals surface area contributed by atoms with E-state index in [0.29, 0.717) is 6.04 Å². The molecule has 1 fully saturated rings. The van der Waals surface area contributed by atoms with Crippen LogP contribution >= 0.6 is 0 Å². The predicted octanol–water partition coefficient (Wildman–Crippen LogP) is 0.460. The second-order valence-corrected chi connectivity index (χ2v) is 3.38. The van der Waals surface area contributed by atoms with Gasteiger partial charge in [0.1, 0.15) is 0 Å². The van der Waals surface area contributed by atoms with E-state index < -0.39 is 0 Å². The summed E-state index contributed by atoms with van der Waals surface area (Å²) in [6.45, 7) is 6.39. The number of hydrogen-bond acceptors (Lipinski definition) is 3. The predicted molar refractivity (Wildman–Crippen MR) is 50.1 cm³/mol. The zero-order valence-electron chi connectivity index (χ0n) is 8.32. The van der Waals surface area contributed by atoms with Gasteiger partial charge >= 0.3 is 0 Å². The standard InChI is InChI=1S/C8H17NO.CH4O/c1-7(2)9-5-3-4-8(10)6-9;1-2/h7-8,10H,3-6H2,1-2H3;2H,1H3. The van der Waals surface area contributed by atoms with Gasteiger partial charge in [-0.15, -0.1) is 0 Å². The summed E-state index contributed by atoms with van der Waals surface area (Å²) in [5, 5.41) is 16.3. The first kappa shape index (κ1) is 11.9. The van der Waals surface area contributed by atoms with Gasteiger partial charge in [0.05, 0.1) is 6.10 Å². The molecule has 3 heteroatoms. The average Bonchev–Trinajstić information content (AvgIpc) is 2.08. The SMILES string of the molecule is CC(C)N1CCCC(O)C1.CO. The minimum absolute atomic E-state index is 0.0730. The van der Waals surface area contributed by atoms with Gasteiger partial charge in [0.2, 0.25) is 0 Å². The monoisotopic (exact) mass is 175 g/mol. The first-order chi connectivity index (χ1) is 5.70. The number of piperidine rings is 1. The Morgan fingerprint density at radius 1 is 1.33 bits per heavy atom. The molecule has 2 N–H and O–H groups in total. The zero-order chi connectivity index (χ0) is 9.56. The maximum absolute atomic E-state index is 9.29. The van der Waals surface area contributed by atoms with Gasteiger partial charge in [-0.05, 0) is 33.2 Å². The summed E-state index contributed by atoms with van der Waals surface area (Å²) in [5.74, 6) is 0. The van der Waals surface area contributed by atoms with E-state index in [1.54, 1.807) is 0 Å². The molecular weight excluding hydrogens is 154 g/mol. The molecule has 0 saturated carbocycles. The fourth-order valence-electron chi connectivity index (χ4n) is 1.45. The van der Waals surface area contributed by atoms with Gasteiger partial charge in [-0.25, -0.2) is 0 Å². The number of rotatable bonds is 1. The highest BCUT2D eigenvalue weighted by Crippen LogP contribution is 2.11. The summed E-state index contributed by atoms with van der Waals surface area (Å²) in [4.78, 5) is 2.33. The molecule has 0 bridgehead atoms. The van der Waals surface area contributed by atoms with Crippen LogP contribution in [0.1, 0.15) is 26.7 Å². The van der Waals surface area contributed by atoms with Crippen LogP contribution in [-0.2, 0) is 0 Å². The highest BCUT2D eigenvalue weighted by atomic mass is 16.3. The van der Waals surface area contributed by atoms with Crippen molar-refractivity contribution < 1.29 is 10.2 Å². The Hall–Kier alpha value is -0.120. The third-order valence-corrected chi connectivity index (χ3v) is 2.16. The first-order valence-corrected chi connectivity index (χ1v) is 4.57. The third kappa shape index (κ3) is 4.04. The van der Waals surface area contributed by atoms with E-state index in [1.807, 2.05) is 0 Å². The van der Waals surface area contributed by atoms with Crippen molar-refractivity contribution in [3.63, 3.8) is 0 Å². The highest BCUT2D eigenvalue weighted by molar-refractivity contribution is 4.73. The molecule has 0 aliphatic carbocycles. The van der Waals surface area contributed by atoms with Crippen molar-refractivity contribution in [2.75, 3.05) is 20.2 Å². The summed E-state index contributed by atoms with van der Waals surface area (Å²) < 4.78 is 0. The summed E-state index contributed by atoms with van der Waals surface area (Å²) in [5.41, 5.74) is 0. The Labute approximate surface area is 75.0 Å². The van der Waals surface area contributed by atoms with Gasteiger partial charge in [0.25, 0.3) is 0 Å². The van der Waals surface area contributed by atoms with Crippen molar-refractivity contribution in [3.05, 3.63) is 0 Å². The molecule has 0 radical (unpaired) electrons. The molecule has 1 heterocycles. The van der Waals surface area contributed by atoms with Crippen LogP contribution in [0, 0.1) is 0 Å². The van der Waals surface area contributed by atoms with Gasteiger partial charge in [-0.1, -0.05) is 0 Å². The smallest absolute Gasteiger partial charge is 0.0667 e. The largest absolute Gasteiger partial charge is 0.400 e. The van der Waals surface area contributed by atoms with Crippen molar-refractivity contribution in [2.45, 2.75) is 38.8 Å². The molecular formula is C9H21NO2. The van der Waals surface area contributed by atoms with Crippen molar-refractivity contribution in [1.82, 2.24) is 4.90 Å². The summed E-state index contributed by atoms with van der Waals surface area (Å²) >= 11 is 0. The van der Waals surface area contributed by atoms with E-state index >= 15 is 0 Å². The van der Waals surface area contributed by atoms with Crippen LogP contribution in [0.3, 0.4) is 0 Å². The minimum atomic E-state index is -0.0730. The quantitative estimate of drug-likeness (QED) is 0.608. The molecule has 1 aliphatic rings. The minimum Gasteiger partial charge on any atom is -0.400 e. The van der Waals surface area contributed by atoms with Gasteiger partial charge in [0, 0.05) is 19.7 Å². The molecule has 0 aromatic rings. The Bertz CT molecular complexity index is 107. The molecule has 0 spiro atoms. The van der Waals surface area contributed by atoms with Crippen LogP contribution in [-0.4, -0.2) is 47.5 Å². The normalized spacial score (nSPS) is 25.0. The van der Waals surface area contributed by atoms with Crippen LogP contribution in [0.2, 0.25) is 0 Å². The van der Waals surface area contributed by atoms with Gasteiger partial charge in [0.15, 0.2) is 0 Å². The Kier molecular flexibility index (Phi) is 6.34. The van der Waals surface area contributed by atoms with E-state index in [2.05, 4.69) is 18.7 Å². The fourth-order valence-corrected chi connectivity index (χ4v) is 1.45. The number of aliphatic hydroxyl groups is 2. The lowest BCUT2D eigenvalue weighted by atomic mass is 10.1. The summed E-state index contributed by atoms with van der Waals surface area (Å²) in [6.07, 6.45) is 2.07. The lowest BCUT2D eigenvalue weighted by Crippen LogP contribution is -2.42. The average molecular weight is 175 g/mol. The van der Waals surface area contributed by atoms with Crippen LogP contribution < -0.4 is 0 Å². The van der Waals surface area contributed by atoms with E-state index in [4.69, 9.17) is 5.11 Å². The molecule has 0 aromatic carbocycles. The maximum Gasteiger partial charge on any atom is 0.0667 e. The van der Waals surface area contributed by atoms with Gasteiger partial charge in [-0.2, -0.15) is 0 Å². The van der Waals surface area contributed by atoms with Gasteiger partial charge in [-0.3, -0.25) is 4.90 Å². The first-order valence-electron chi connectivity index (χ1n) is 4.57. The number of hydrogen-bond donors (Lipinski definition) is 2. The van der Waals surface area contributed by atoms with E-state index in [-0.39, 0.29) is 6.10 Å². The molecule has 0 aromatic heterocycles.